The molecule has 4 rings (SSSR count). The number of benzene rings is 1. The van der Waals surface area contributed by atoms with Crippen LogP contribution in [0.25, 0.3) is 0 Å². The predicted molar refractivity (Wildman–Crippen MR) is 110 cm³/mol. The van der Waals surface area contributed by atoms with Crippen molar-refractivity contribution in [3.63, 3.8) is 0 Å². The van der Waals surface area contributed by atoms with Gasteiger partial charge in [0.1, 0.15) is 35.8 Å². The molecule has 0 radical (unpaired) electrons. The number of aliphatic hydroxyl groups is 6. The van der Waals surface area contributed by atoms with Gasteiger partial charge in [-0.15, -0.1) is 0 Å². The first-order valence-corrected chi connectivity index (χ1v) is 10.5. The Morgan fingerprint density at radius 2 is 1.74 bits per heavy atom. The second kappa shape index (κ2) is 9.60. The van der Waals surface area contributed by atoms with Gasteiger partial charge in [-0.2, -0.15) is 0 Å². The minimum absolute atomic E-state index is 0.0425. The highest BCUT2D eigenvalue weighted by molar-refractivity contribution is 5.89. The molecule has 7 N–H and O–H groups in total. The molecule has 34 heavy (non-hydrogen) atoms. The number of hydrogen-bond donors (Lipinski definition) is 7. The van der Waals surface area contributed by atoms with Crippen molar-refractivity contribution in [2.24, 2.45) is 5.92 Å². The van der Waals surface area contributed by atoms with Gasteiger partial charge in [-0.05, 0) is 42.0 Å². The van der Waals surface area contributed by atoms with Gasteiger partial charge >= 0.3 is 5.97 Å². The number of aliphatic hydroxyl groups excluding tert-OH is 5. The molecule has 2 heterocycles. The van der Waals surface area contributed by atoms with E-state index in [4.69, 9.17) is 18.9 Å². The van der Waals surface area contributed by atoms with Crippen LogP contribution >= 0.6 is 0 Å². The largest absolute Gasteiger partial charge is 0.508 e. The van der Waals surface area contributed by atoms with Crippen LogP contribution in [0.4, 0.5) is 0 Å². The minimum Gasteiger partial charge on any atom is -0.508 e. The van der Waals surface area contributed by atoms with E-state index in [0.717, 1.165) is 6.26 Å². The Balaban J connectivity index is 1.54. The summed E-state index contributed by atoms with van der Waals surface area (Å²) >= 11 is 0. The molecule has 1 aromatic rings. The highest BCUT2D eigenvalue weighted by atomic mass is 16.8. The van der Waals surface area contributed by atoms with E-state index in [2.05, 4.69) is 0 Å². The molecule has 1 fully saturated rings. The molecule has 0 amide bonds. The highest BCUT2D eigenvalue weighted by Gasteiger charge is 2.57. The third-order valence-corrected chi connectivity index (χ3v) is 6.18. The molecule has 0 bridgehead atoms. The number of aromatic hydroxyl groups is 1. The van der Waals surface area contributed by atoms with Gasteiger partial charge in [0.25, 0.3) is 0 Å². The Morgan fingerprint density at radius 3 is 2.38 bits per heavy atom. The van der Waals surface area contributed by atoms with E-state index in [1.54, 1.807) is 0 Å². The molecule has 186 valence electrons. The molecule has 9 atom stereocenters. The van der Waals surface area contributed by atoms with E-state index in [0.29, 0.717) is 0 Å². The van der Waals surface area contributed by atoms with Gasteiger partial charge in [-0.25, -0.2) is 4.79 Å². The highest BCUT2D eigenvalue weighted by Crippen LogP contribution is 2.45. The van der Waals surface area contributed by atoms with Crippen LogP contribution in [0, 0.1) is 5.92 Å². The van der Waals surface area contributed by atoms with Gasteiger partial charge in [-0.3, -0.25) is 0 Å². The maximum Gasteiger partial charge on any atom is 0.338 e. The zero-order valence-electron chi connectivity index (χ0n) is 17.7. The molecule has 0 saturated carbocycles. The maximum atomic E-state index is 12.6. The van der Waals surface area contributed by atoms with Crippen molar-refractivity contribution < 1.29 is 59.5 Å². The smallest absolute Gasteiger partial charge is 0.338 e. The number of esters is 1. The zero-order chi connectivity index (χ0) is 24.6. The van der Waals surface area contributed by atoms with E-state index in [9.17, 15) is 40.5 Å². The van der Waals surface area contributed by atoms with Crippen molar-refractivity contribution in [1.29, 1.82) is 0 Å². The number of carbonyl (C=O) groups is 1. The Hall–Kier alpha value is -2.55. The first-order chi connectivity index (χ1) is 16.2. The van der Waals surface area contributed by atoms with E-state index >= 15 is 0 Å². The lowest BCUT2D eigenvalue weighted by Gasteiger charge is -2.44. The molecule has 1 aromatic carbocycles. The van der Waals surface area contributed by atoms with Crippen LogP contribution < -0.4 is 0 Å². The summed E-state index contributed by atoms with van der Waals surface area (Å²) in [4.78, 5) is 12.6. The second-order valence-electron chi connectivity index (χ2n) is 8.28. The fourth-order valence-electron chi connectivity index (χ4n) is 4.28. The van der Waals surface area contributed by atoms with Gasteiger partial charge < -0.3 is 54.7 Å². The van der Waals surface area contributed by atoms with Crippen LogP contribution in [0.5, 0.6) is 5.75 Å². The van der Waals surface area contributed by atoms with Crippen molar-refractivity contribution in [3.8, 4) is 5.75 Å². The topological polar surface area (TPSA) is 196 Å². The maximum absolute atomic E-state index is 12.6. The fourth-order valence-corrected chi connectivity index (χ4v) is 4.28. The Labute approximate surface area is 193 Å². The van der Waals surface area contributed by atoms with Gasteiger partial charge in [0.15, 0.2) is 12.4 Å². The summed E-state index contributed by atoms with van der Waals surface area (Å²) < 4.78 is 21.9. The minimum atomic E-state index is -1.90. The number of phenols is 1. The van der Waals surface area contributed by atoms with E-state index in [1.807, 2.05) is 0 Å². The molecule has 0 spiro atoms. The predicted octanol–water partition coefficient (Wildman–Crippen LogP) is -2.12. The first-order valence-electron chi connectivity index (χ1n) is 10.5. The summed E-state index contributed by atoms with van der Waals surface area (Å²) in [6.45, 7) is -1.22. The fraction of sp³-hybridized carbons (Fsp3) is 0.500. The number of fused-ring (bicyclic) bond motifs is 1. The number of ether oxygens (including phenoxy) is 4. The number of hydrogen-bond acceptors (Lipinski definition) is 12. The van der Waals surface area contributed by atoms with E-state index in [1.165, 1.54) is 36.4 Å². The third kappa shape index (κ3) is 4.30. The Kier molecular flexibility index (Phi) is 6.94. The Morgan fingerprint density at radius 1 is 1.03 bits per heavy atom. The zero-order valence-corrected chi connectivity index (χ0v) is 17.7. The molecule has 1 saturated heterocycles. The van der Waals surface area contributed by atoms with Crippen molar-refractivity contribution in [2.75, 3.05) is 13.2 Å². The summed E-state index contributed by atoms with van der Waals surface area (Å²) in [6.07, 6.45) is -6.71. The van der Waals surface area contributed by atoms with Crippen LogP contribution in [0.2, 0.25) is 0 Å². The van der Waals surface area contributed by atoms with Crippen molar-refractivity contribution >= 4 is 5.97 Å². The molecular weight excluding hydrogens is 456 g/mol. The standard InChI is InChI=1S/C22H26O12/c23-8-11-7-14(33-19(29)10-1-3-12(25)4-2-10)22(30)5-6-31-20(15(11)22)34-21-18(28)17(27)16(26)13(9-24)32-21/h1-7,13-18,20-21,23-28,30H,8-9H2/t13-,14+,15+,16+,17-,18-,20-,21+,22+/m0/s1. The average molecular weight is 482 g/mol. The lowest BCUT2D eigenvalue weighted by atomic mass is 9.83. The average Bonchev–Trinajstić information content (AvgIpc) is 3.11. The van der Waals surface area contributed by atoms with Gasteiger partial charge in [-0.1, -0.05) is 0 Å². The molecule has 0 unspecified atom stereocenters. The van der Waals surface area contributed by atoms with Gasteiger partial charge in [0, 0.05) is 0 Å². The summed E-state index contributed by atoms with van der Waals surface area (Å²) in [6, 6.07) is 5.29. The lowest BCUT2D eigenvalue weighted by Crippen LogP contribution is -2.61. The van der Waals surface area contributed by atoms with Crippen LogP contribution in [0.15, 0.2) is 48.3 Å². The second-order valence-corrected chi connectivity index (χ2v) is 8.28. The molecule has 12 heteroatoms. The van der Waals surface area contributed by atoms with E-state index < -0.39 is 73.8 Å². The number of carbonyl (C=O) groups excluding carboxylic acids is 1. The van der Waals surface area contributed by atoms with Gasteiger partial charge in [0.05, 0.1) is 31.0 Å². The van der Waals surface area contributed by atoms with Crippen molar-refractivity contribution in [3.05, 3.63) is 53.8 Å². The molecule has 3 aliphatic rings. The van der Waals surface area contributed by atoms with Crippen molar-refractivity contribution in [1.82, 2.24) is 0 Å². The molecular formula is C22H26O12. The summed E-state index contributed by atoms with van der Waals surface area (Å²) in [7, 11) is 0. The Bertz CT molecular complexity index is 944. The summed E-state index contributed by atoms with van der Waals surface area (Å²) in [5, 5.41) is 70.3. The molecule has 2 aliphatic heterocycles. The van der Waals surface area contributed by atoms with Crippen LogP contribution in [0.1, 0.15) is 10.4 Å². The molecule has 12 nitrogen and oxygen atoms in total. The van der Waals surface area contributed by atoms with Crippen molar-refractivity contribution in [2.45, 2.75) is 48.7 Å². The lowest BCUT2D eigenvalue weighted by molar-refractivity contribution is -0.344. The van der Waals surface area contributed by atoms with E-state index in [-0.39, 0.29) is 16.9 Å². The molecule has 0 aromatic heterocycles. The van der Waals surface area contributed by atoms with Gasteiger partial charge in [0.2, 0.25) is 6.29 Å². The van der Waals surface area contributed by atoms with Crippen LogP contribution in [-0.2, 0) is 18.9 Å². The van der Waals surface area contributed by atoms with Crippen LogP contribution in [0.3, 0.4) is 0 Å². The normalized spacial score (nSPS) is 39.2. The number of phenolic OH excluding ortho intramolecular Hbond substituents is 1. The third-order valence-electron chi connectivity index (χ3n) is 6.18. The SMILES string of the molecule is O=C(O[C@@H]1C=C(CO)[C@@H]2[C@H](O[C@H]3O[C@@H](CO)[C@@H](O)[C@H](O)[C@@H]3O)OC=C[C@]21O)c1ccc(O)cc1. The first kappa shape index (κ1) is 24.6. The molecule has 1 aliphatic carbocycles. The van der Waals surface area contributed by atoms with Crippen LogP contribution in [-0.4, -0.2) is 104 Å². The quantitative estimate of drug-likeness (QED) is 0.172. The summed E-state index contributed by atoms with van der Waals surface area (Å²) in [5.41, 5.74) is -1.57. The number of rotatable bonds is 6. The summed E-state index contributed by atoms with van der Waals surface area (Å²) in [5.74, 6) is -1.94. The monoisotopic (exact) mass is 482 g/mol.